The van der Waals surface area contributed by atoms with E-state index in [0.29, 0.717) is 36.6 Å². The van der Waals surface area contributed by atoms with E-state index < -0.39 is 6.10 Å². The highest BCUT2D eigenvalue weighted by Crippen LogP contribution is 2.35. The van der Waals surface area contributed by atoms with Crippen LogP contribution in [0.5, 0.6) is 11.5 Å². The maximum atomic E-state index is 13.0. The van der Waals surface area contributed by atoms with E-state index in [9.17, 15) is 9.90 Å². The molecule has 3 aromatic carbocycles. The van der Waals surface area contributed by atoms with Gasteiger partial charge in [0.05, 0.1) is 14.2 Å². The third-order valence-corrected chi connectivity index (χ3v) is 7.01. The third-order valence-electron chi connectivity index (χ3n) is 7.01. The van der Waals surface area contributed by atoms with Gasteiger partial charge in [0.25, 0.3) is 5.91 Å². The van der Waals surface area contributed by atoms with Gasteiger partial charge in [-0.2, -0.15) is 0 Å². The zero-order valence-corrected chi connectivity index (χ0v) is 20.5. The predicted molar refractivity (Wildman–Crippen MR) is 134 cm³/mol. The van der Waals surface area contributed by atoms with Crippen LogP contribution in [-0.4, -0.2) is 61.7 Å². The second-order valence-corrected chi connectivity index (χ2v) is 8.96. The Balaban J connectivity index is 1.40. The van der Waals surface area contributed by atoms with Gasteiger partial charge in [0, 0.05) is 25.7 Å². The molecule has 6 heteroatoms. The van der Waals surface area contributed by atoms with Crippen molar-refractivity contribution in [3.05, 3.63) is 71.3 Å². The molecule has 6 nitrogen and oxygen atoms in total. The molecule has 0 fully saturated rings. The van der Waals surface area contributed by atoms with E-state index in [1.165, 1.54) is 16.3 Å². The Morgan fingerprint density at radius 2 is 1.79 bits per heavy atom. The summed E-state index contributed by atoms with van der Waals surface area (Å²) in [5.41, 5.74) is 2.83. The quantitative estimate of drug-likeness (QED) is 0.539. The maximum Gasteiger partial charge on any atom is 0.256 e. The molecule has 1 heterocycles. The van der Waals surface area contributed by atoms with Gasteiger partial charge in [-0.05, 0) is 66.4 Å². The first-order chi connectivity index (χ1) is 16.4. The molecule has 0 saturated carbocycles. The molecule has 0 bridgehead atoms. The molecule has 4 rings (SSSR count). The number of nitrogens with zero attached hydrogens (tertiary/aromatic N) is 2. The summed E-state index contributed by atoms with van der Waals surface area (Å²) in [6.07, 6.45) is 0.304. The highest BCUT2D eigenvalue weighted by atomic mass is 16.5. The van der Waals surface area contributed by atoms with Gasteiger partial charge in [-0.3, -0.25) is 9.69 Å². The Morgan fingerprint density at radius 1 is 1.09 bits per heavy atom. The molecule has 0 spiro atoms. The number of hydrogen-bond acceptors (Lipinski definition) is 5. The van der Waals surface area contributed by atoms with E-state index in [4.69, 9.17) is 9.47 Å². The molecule has 2 atom stereocenters. The predicted octanol–water partition coefficient (Wildman–Crippen LogP) is 4.36. The van der Waals surface area contributed by atoms with Crippen molar-refractivity contribution < 1.29 is 19.4 Å². The molecule has 1 amide bonds. The Morgan fingerprint density at radius 3 is 2.56 bits per heavy atom. The average molecular weight is 463 g/mol. The van der Waals surface area contributed by atoms with E-state index in [1.54, 1.807) is 25.2 Å². The van der Waals surface area contributed by atoms with Crippen molar-refractivity contribution in [3.63, 3.8) is 0 Å². The average Bonchev–Trinajstić information content (AvgIpc) is 2.98. The number of aliphatic hydroxyl groups excluding tert-OH is 1. The van der Waals surface area contributed by atoms with Crippen LogP contribution < -0.4 is 9.47 Å². The molecule has 0 aromatic heterocycles. The summed E-state index contributed by atoms with van der Waals surface area (Å²) in [4.78, 5) is 17.1. The largest absolute Gasteiger partial charge is 0.493 e. The molecular formula is C28H34N2O4. The Labute approximate surface area is 201 Å². The van der Waals surface area contributed by atoms with Crippen molar-refractivity contribution in [3.8, 4) is 11.5 Å². The van der Waals surface area contributed by atoms with Gasteiger partial charge in [-0.1, -0.05) is 42.5 Å². The van der Waals surface area contributed by atoms with Gasteiger partial charge < -0.3 is 19.5 Å². The van der Waals surface area contributed by atoms with E-state index >= 15 is 0 Å². The lowest BCUT2D eigenvalue weighted by molar-refractivity contribution is -0.140. The van der Waals surface area contributed by atoms with Crippen molar-refractivity contribution in [2.24, 2.45) is 0 Å². The highest BCUT2D eigenvalue weighted by Gasteiger charge is 2.30. The summed E-state index contributed by atoms with van der Waals surface area (Å²) in [5, 5.41) is 13.3. The molecule has 180 valence electrons. The monoisotopic (exact) mass is 462 g/mol. The molecule has 1 aliphatic rings. The topological polar surface area (TPSA) is 62.2 Å². The fraction of sp³-hybridized carbons (Fsp3) is 0.393. The van der Waals surface area contributed by atoms with Crippen LogP contribution in [0.25, 0.3) is 10.8 Å². The van der Waals surface area contributed by atoms with Crippen LogP contribution in [0.2, 0.25) is 0 Å². The SMILES string of the molecule is COc1cc2c(cc1OC)C(O)C(=O)N(CCCN(C)C(C)c1cccc3ccccc13)CC2. The Bertz CT molecular complexity index is 1160. The maximum absolute atomic E-state index is 13.0. The van der Waals surface area contributed by atoms with E-state index in [-0.39, 0.29) is 11.9 Å². The summed E-state index contributed by atoms with van der Waals surface area (Å²) in [7, 11) is 5.27. The molecule has 2 unspecified atom stereocenters. The number of methoxy groups -OCH3 is 2. The smallest absolute Gasteiger partial charge is 0.256 e. The van der Waals surface area contributed by atoms with Crippen molar-refractivity contribution in [1.82, 2.24) is 9.80 Å². The number of amides is 1. The summed E-state index contributed by atoms with van der Waals surface area (Å²) < 4.78 is 10.8. The fourth-order valence-corrected chi connectivity index (χ4v) is 4.86. The van der Waals surface area contributed by atoms with Crippen molar-refractivity contribution in [1.29, 1.82) is 0 Å². The number of aliphatic hydroxyl groups is 1. The van der Waals surface area contributed by atoms with Gasteiger partial charge >= 0.3 is 0 Å². The Kier molecular flexibility index (Phi) is 7.39. The lowest BCUT2D eigenvalue weighted by Crippen LogP contribution is -2.37. The summed E-state index contributed by atoms with van der Waals surface area (Å²) in [6.45, 7) is 4.24. The third kappa shape index (κ3) is 4.74. The van der Waals surface area contributed by atoms with Gasteiger partial charge in [0.1, 0.15) is 0 Å². The summed E-state index contributed by atoms with van der Waals surface area (Å²) >= 11 is 0. The molecule has 3 aromatic rings. The van der Waals surface area contributed by atoms with E-state index in [0.717, 1.165) is 18.5 Å². The first-order valence-corrected chi connectivity index (χ1v) is 11.8. The zero-order chi connectivity index (χ0) is 24.2. The minimum atomic E-state index is -1.19. The minimum Gasteiger partial charge on any atom is -0.493 e. The molecule has 1 N–H and O–H groups in total. The highest BCUT2D eigenvalue weighted by molar-refractivity contribution is 5.86. The van der Waals surface area contributed by atoms with E-state index in [1.807, 2.05) is 6.07 Å². The van der Waals surface area contributed by atoms with Crippen LogP contribution in [0.3, 0.4) is 0 Å². The molecule has 34 heavy (non-hydrogen) atoms. The van der Waals surface area contributed by atoms with Crippen molar-refractivity contribution in [2.45, 2.75) is 31.9 Å². The van der Waals surface area contributed by atoms with Crippen molar-refractivity contribution >= 4 is 16.7 Å². The lowest BCUT2D eigenvalue weighted by atomic mass is 9.99. The molecule has 1 aliphatic heterocycles. The number of hydrogen-bond donors (Lipinski definition) is 1. The van der Waals surface area contributed by atoms with Crippen LogP contribution in [-0.2, 0) is 11.2 Å². The van der Waals surface area contributed by atoms with Gasteiger partial charge in [0.15, 0.2) is 17.6 Å². The van der Waals surface area contributed by atoms with Crippen LogP contribution in [0.4, 0.5) is 0 Å². The number of carbonyl (C=O) groups excluding carboxylic acids is 1. The Hall–Kier alpha value is -3.09. The molecule has 0 saturated heterocycles. The first-order valence-electron chi connectivity index (χ1n) is 11.8. The standard InChI is InChI=1S/C28H34N2O4/c1-19(22-12-7-10-20-9-5-6-11-23(20)22)29(2)14-8-15-30-16-13-21-17-25(33-3)26(34-4)18-24(21)27(31)28(30)32/h5-7,9-12,17-19,27,31H,8,13-16H2,1-4H3. The fourth-order valence-electron chi connectivity index (χ4n) is 4.86. The van der Waals surface area contributed by atoms with Crippen LogP contribution >= 0.6 is 0 Å². The zero-order valence-electron chi connectivity index (χ0n) is 20.5. The lowest BCUT2D eigenvalue weighted by Gasteiger charge is -2.28. The second kappa shape index (κ2) is 10.5. The number of rotatable bonds is 8. The van der Waals surface area contributed by atoms with Crippen LogP contribution in [0, 0.1) is 0 Å². The van der Waals surface area contributed by atoms with Crippen LogP contribution in [0.1, 0.15) is 42.2 Å². The number of benzene rings is 3. The molecular weight excluding hydrogens is 428 g/mol. The van der Waals surface area contributed by atoms with E-state index in [2.05, 4.69) is 61.3 Å². The molecule has 0 radical (unpaired) electrons. The van der Waals surface area contributed by atoms with Gasteiger partial charge in [-0.15, -0.1) is 0 Å². The van der Waals surface area contributed by atoms with Crippen LogP contribution in [0.15, 0.2) is 54.6 Å². The number of ether oxygens (including phenoxy) is 2. The second-order valence-electron chi connectivity index (χ2n) is 8.96. The number of fused-ring (bicyclic) bond motifs is 2. The molecule has 0 aliphatic carbocycles. The first kappa shape index (κ1) is 24.0. The number of carbonyl (C=O) groups is 1. The summed E-state index contributed by atoms with van der Waals surface area (Å²) in [6, 6.07) is 18.8. The minimum absolute atomic E-state index is 0.251. The van der Waals surface area contributed by atoms with Gasteiger partial charge in [-0.25, -0.2) is 0 Å². The van der Waals surface area contributed by atoms with Crippen molar-refractivity contribution in [2.75, 3.05) is 40.9 Å². The van der Waals surface area contributed by atoms with Gasteiger partial charge in [0.2, 0.25) is 0 Å². The normalized spacial score (nSPS) is 16.9. The summed E-state index contributed by atoms with van der Waals surface area (Å²) in [5.74, 6) is 0.875.